The average Bonchev–Trinajstić information content (AvgIpc) is 2.94. The molecule has 0 radical (unpaired) electrons. The van der Waals surface area contributed by atoms with Gasteiger partial charge in [0.05, 0.1) is 26.6 Å². The summed E-state index contributed by atoms with van der Waals surface area (Å²) in [6.45, 7) is 8.77. The van der Waals surface area contributed by atoms with Gasteiger partial charge in [0.15, 0.2) is 0 Å². The molecule has 0 bridgehead atoms. The minimum atomic E-state index is 0.799. The third-order valence-corrected chi connectivity index (χ3v) is 4.70. The molecule has 1 N–H and O–H groups in total. The molecule has 0 unspecified atom stereocenters. The van der Waals surface area contributed by atoms with Gasteiger partial charge in [0.1, 0.15) is 0 Å². The molecule has 0 fully saturated rings. The Balaban J connectivity index is 2.00. The Morgan fingerprint density at radius 3 is 2.74 bits per heavy atom. The second-order valence-electron chi connectivity index (χ2n) is 4.34. The summed E-state index contributed by atoms with van der Waals surface area (Å²) in [5.41, 5.74) is 3.45. The molecule has 2 aromatic rings. The third kappa shape index (κ3) is 3.43. The van der Waals surface area contributed by atoms with Gasteiger partial charge < -0.3 is 5.32 Å². The fourth-order valence-electron chi connectivity index (χ4n) is 1.98. The Morgan fingerprint density at radius 2 is 2.16 bits per heavy atom. The minimum Gasteiger partial charge on any atom is -0.305 e. The molecular formula is C13H19BrN4S. The molecule has 0 saturated heterocycles. The second-order valence-corrected chi connectivity index (χ2v) is 6.19. The van der Waals surface area contributed by atoms with Gasteiger partial charge in [-0.05, 0) is 36.2 Å². The van der Waals surface area contributed by atoms with E-state index in [1.807, 2.05) is 6.92 Å². The molecule has 2 aromatic heterocycles. The van der Waals surface area contributed by atoms with E-state index in [0.717, 1.165) is 46.9 Å². The molecule has 104 valence electrons. The standard InChI is InChI=1S/C13H19BrN4S/c1-4-11-13(14)12(18(5-2)17-11)7-15-6-10-8-19-9(3)16-10/h8,15H,4-7H2,1-3H3. The van der Waals surface area contributed by atoms with E-state index >= 15 is 0 Å². The molecule has 6 heteroatoms. The highest BCUT2D eigenvalue weighted by molar-refractivity contribution is 9.10. The van der Waals surface area contributed by atoms with Crippen molar-refractivity contribution in [1.29, 1.82) is 0 Å². The van der Waals surface area contributed by atoms with Crippen LogP contribution >= 0.6 is 27.3 Å². The number of nitrogens with one attached hydrogen (secondary N) is 1. The van der Waals surface area contributed by atoms with Gasteiger partial charge in [-0.3, -0.25) is 4.68 Å². The lowest BCUT2D eigenvalue weighted by Gasteiger charge is -2.06. The SMILES string of the molecule is CCc1nn(CC)c(CNCc2csc(C)n2)c1Br. The first-order chi connectivity index (χ1) is 9.15. The van der Waals surface area contributed by atoms with Gasteiger partial charge in [-0.1, -0.05) is 6.92 Å². The highest BCUT2D eigenvalue weighted by atomic mass is 79.9. The van der Waals surface area contributed by atoms with Crippen LogP contribution in [0.15, 0.2) is 9.85 Å². The van der Waals surface area contributed by atoms with Crippen LogP contribution in [0.4, 0.5) is 0 Å². The minimum absolute atomic E-state index is 0.799. The molecule has 2 rings (SSSR count). The monoisotopic (exact) mass is 342 g/mol. The van der Waals surface area contributed by atoms with Gasteiger partial charge in [-0.15, -0.1) is 11.3 Å². The van der Waals surface area contributed by atoms with Crippen LogP contribution in [-0.2, 0) is 26.1 Å². The first kappa shape index (κ1) is 14.7. The molecule has 0 atom stereocenters. The van der Waals surface area contributed by atoms with Gasteiger partial charge in [-0.25, -0.2) is 4.98 Å². The highest BCUT2D eigenvalue weighted by Crippen LogP contribution is 2.22. The van der Waals surface area contributed by atoms with Gasteiger partial charge in [0.2, 0.25) is 0 Å². The van der Waals surface area contributed by atoms with Crippen LogP contribution in [0.5, 0.6) is 0 Å². The zero-order chi connectivity index (χ0) is 13.8. The van der Waals surface area contributed by atoms with Crippen molar-refractivity contribution in [1.82, 2.24) is 20.1 Å². The number of hydrogen-bond donors (Lipinski definition) is 1. The lowest BCUT2D eigenvalue weighted by molar-refractivity contribution is 0.574. The van der Waals surface area contributed by atoms with E-state index in [4.69, 9.17) is 0 Å². The number of aromatic nitrogens is 3. The van der Waals surface area contributed by atoms with Crippen molar-refractivity contribution in [2.45, 2.75) is 46.8 Å². The van der Waals surface area contributed by atoms with Crippen molar-refractivity contribution in [2.24, 2.45) is 0 Å². The molecule has 0 aliphatic rings. The summed E-state index contributed by atoms with van der Waals surface area (Å²) < 4.78 is 3.20. The Labute approximate surface area is 126 Å². The van der Waals surface area contributed by atoms with Crippen molar-refractivity contribution >= 4 is 27.3 Å². The number of rotatable bonds is 6. The Morgan fingerprint density at radius 1 is 1.37 bits per heavy atom. The van der Waals surface area contributed by atoms with Crippen molar-refractivity contribution < 1.29 is 0 Å². The van der Waals surface area contributed by atoms with Crippen LogP contribution in [0.3, 0.4) is 0 Å². The number of nitrogens with zero attached hydrogens (tertiary/aromatic N) is 3. The molecule has 0 amide bonds. The average molecular weight is 343 g/mol. The third-order valence-electron chi connectivity index (χ3n) is 2.96. The predicted molar refractivity (Wildman–Crippen MR) is 82.4 cm³/mol. The molecule has 0 aliphatic carbocycles. The molecule has 19 heavy (non-hydrogen) atoms. The van der Waals surface area contributed by atoms with E-state index < -0.39 is 0 Å². The maximum absolute atomic E-state index is 4.59. The number of thiazole rings is 1. The second kappa shape index (κ2) is 6.63. The molecular weight excluding hydrogens is 324 g/mol. The maximum atomic E-state index is 4.59. The largest absolute Gasteiger partial charge is 0.305 e. The summed E-state index contributed by atoms with van der Waals surface area (Å²) in [4.78, 5) is 4.45. The molecule has 0 aromatic carbocycles. The van der Waals surface area contributed by atoms with Crippen LogP contribution in [-0.4, -0.2) is 14.8 Å². The lowest BCUT2D eigenvalue weighted by Crippen LogP contribution is -2.16. The maximum Gasteiger partial charge on any atom is 0.0897 e. The molecule has 2 heterocycles. The van der Waals surface area contributed by atoms with Gasteiger partial charge in [0, 0.05) is 25.0 Å². The summed E-state index contributed by atoms with van der Waals surface area (Å²) in [5, 5.41) is 11.2. The fourth-order valence-corrected chi connectivity index (χ4v) is 3.30. The van der Waals surface area contributed by atoms with Crippen molar-refractivity contribution in [3.8, 4) is 0 Å². The first-order valence-electron chi connectivity index (χ1n) is 6.51. The van der Waals surface area contributed by atoms with Crippen molar-refractivity contribution in [2.75, 3.05) is 0 Å². The van der Waals surface area contributed by atoms with E-state index in [0.29, 0.717) is 0 Å². The van der Waals surface area contributed by atoms with E-state index in [1.54, 1.807) is 11.3 Å². The summed E-state index contributed by atoms with van der Waals surface area (Å²) in [5.74, 6) is 0. The summed E-state index contributed by atoms with van der Waals surface area (Å²) >= 11 is 5.35. The molecule has 4 nitrogen and oxygen atoms in total. The summed E-state index contributed by atoms with van der Waals surface area (Å²) in [7, 11) is 0. The highest BCUT2D eigenvalue weighted by Gasteiger charge is 2.13. The summed E-state index contributed by atoms with van der Waals surface area (Å²) in [6, 6.07) is 0. The van der Waals surface area contributed by atoms with E-state index in [2.05, 4.69) is 55.2 Å². The Kier molecular flexibility index (Phi) is 5.13. The smallest absolute Gasteiger partial charge is 0.0897 e. The van der Waals surface area contributed by atoms with Crippen LogP contribution in [0.1, 0.15) is 35.9 Å². The van der Waals surface area contributed by atoms with Crippen LogP contribution < -0.4 is 5.32 Å². The van der Waals surface area contributed by atoms with Crippen LogP contribution in [0.2, 0.25) is 0 Å². The van der Waals surface area contributed by atoms with E-state index in [9.17, 15) is 0 Å². The fraction of sp³-hybridized carbons (Fsp3) is 0.538. The lowest BCUT2D eigenvalue weighted by atomic mass is 10.3. The number of aryl methyl sites for hydroxylation is 3. The first-order valence-corrected chi connectivity index (χ1v) is 8.18. The zero-order valence-electron chi connectivity index (χ0n) is 11.5. The van der Waals surface area contributed by atoms with Crippen molar-refractivity contribution in [3.05, 3.63) is 31.9 Å². The molecule has 0 aliphatic heterocycles. The van der Waals surface area contributed by atoms with Crippen molar-refractivity contribution in [3.63, 3.8) is 0 Å². The number of halogens is 1. The predicted octanol–water partition coefficient (Wildman–Crippen LogP) is 3.28. The zero-order valence-corrected chi connectivity index (χ0v) is 13.9. The number of hydrogen-bond acceptors (Lipinski definition) is 4. The van der Waals surface area contributed by atoms with Gasteiger partial charge >= 0.3 is 0 Å². The van der Waals surface area contributed by atoms with Gasteiger partial charge in [0.25, 0.3) is 0 Å². The van der Waals surface area contributed by atoms with Crippen LogP contribution in [0, 0.1) is 6.92 Å². The molecule has 0 saturated carbocycles. The Hall–Kier alpha value is -0.720. The van der Waals surface area contributed by atoms with Gasteiger partial charge in [-0.2, -0.15) is 5.10 Å². The normalized spacial score (nSPS) is 11.2. The quantitative estimate of drug-likeness (QED) is 0.875. The van der Waals surface area contributed by atoms with E-state index in [1.165, 1.54) is 5.69 Å². The topological polar surface area (TPSA) is 42.7 Å². The van der Waals surface area contributed by atoms with Crippen LogP contribution in [0.25, 0.3) is 0 Å². The Bertz CT molecular complexity index is 547. The van der Waals surface area contributed by atoms with E-state index in [-0.39, 0.29) is 0 Å². The molecule has 0 spiro atoms. The summed E-state index contributed by atoms with van der Waals surface area (Å²) in [6.07, 6.45) is 0.950.